The first-order valence-corrected chi connectivity index (χ1v) is 12.4. The van der Waals surface area contributed by atoms with Gasteiger partial charge in [-0.25, -0.2) is 14.4 Å². The number of aromatic nitrogens is 2. The summed E-state index contributed by atoms with van der Waals surface area (Å²) in [5, 5.41) is 0. The Morgan fingerprint density at radius 2 is 1.58 bits per heavy atom. The number of aryl methyl sites for hydroxylation is 1. The van der Waals surface area contributed by atoms with Crippen LogP contribution in [0.2, 0.25) is 0 Å². The third-order valence-corrected chi connectivity index (χ3v) is 6.67. The molecule has 2 aromatic rings. The van der Waals surface area contributed by atoms with Gasteiger partial charge in [0.05, 0.1) is 6.61 Å². The maximum absolute atomic E-state index is 14.3. The molecule has 1 saturated carbocycles. The van der Waals surface area contributed by atoms with E-state index >= 15 is 0 Å². The van der Waals surface area contributed by atoms with Crippen LogP contribution in [0.3, 0.4) is 0 Å². The van der Waals surface area contributed by atoms with Crippen LogP contribution in [0.1, 0.15) is 90.0 Å². The maximum atomic E-state index is 14.3. The van der Waals surface area contributed by atoms with Gasteiger partial charge in [0.25, 0.3) is 0 Å². The van der Waals surface area contributed by atoms with Crippen LogP contribution in [0, 0.1) is 17.7 Å². The van der Waals surface area contributed by atoms with Crippen molar-refractivity contribution in [2.24, 2.45) is 11.8 Å². The Balaban J connectivity index is 1.45. The fourth-order valence-electron chi connectivity index (χ4n) is 4.58. The highest BCUT2D eigenvalue weighted by molar-refractivity contribution is 5.56. The van der Waals surface area contributed by atoms with Crippen molar-refractivity contribution in [1.29, 1.82) is 0 Å². The second-order valence-corrected chi connectivity index (χ2v) is 9.18. The summed E-state index contributed by atoms with van der Waals surface area (Å²) < 4.78 is 19.8. The summed E-state index contributed by atoms with van der Waals surface area (Å²) in [7, 11) is 0. The monoisotopic (exact) mass is 426 g/mol. The number of nitrogens with zero attached hydrogens (tertiary/aromatic N) is 2. The van der Waals surface area contributed by atoms with Crippen molar-refractivity contribution in [1.82, 2.24) is 9.97 Å². The summed E-state index contributed by atoms with van der Waals surface area (Å²) in [5.41, 5.74) is 1.86. The van der Waals surface area contributed by atoms with Crippen LogP contribution >= 0.6 is 0 Å². The summed E-state index contributed by atoms with van der Waals surface area (Å²) in [6, 6.07) is 4.98. The van der Waals surface area contributed by atoms with Gasteiger partial charge in [0.1, 0.15) is 0 Å². The summed E-state index contributed by atoms with van der Waals surface area (Å²) in [6.45, 7) is 4.91. The molecule has 1 aromatic carbocycles. The summed E-state index contributed by atoms with van der Waals surface area (Å²) in [4.78, 5) is 8.99. The molecule has 1 fully saturated rings. The van der Waals surface area contributed by atoms with E-state index in [1.807, 2.05) is 18.5 Å². The third kappa shape index (κ3) is 7.59. The highest BCUT2D eigenvalue weighted by Crippen LogP contribution is 2.34. The molecule has 0 aliphatic heterocycles. The molecule has 0 bridgehead atoms. The standard InChI is InChI=1S/C27H39FN2O/c1-3-5-7-8-21-9-11-22(12-10-21)13-14-23-19-29-27(30-20-23)24-15-16-26(25(28)18-24)31-17-6-4-2/h15-16,18-22H,3-14,17H2,1-2H3/t21-,22-. The summed E-state index contributed by atoms with van der Waals surface area (Å²) >= 11 is 0. The molecule has 3 nitrogen and oxygen atoms in total. The van der Waals surface area contributed by atoms with E-state index in [9.17, 15) is 4.39 Å². The van der Waals surface area contributed by atoms with Crippen LogP contribution in [-0.4, -0.2) is 16.6 Å². The number of hydrogen-bond acceptors (Lipinski definition) is 3. The van der Waals surface area contributed by atoms with Gasteiger partial charge in [0.2, 0.25) is 0 Å². The van der Waals surface area contributed by atoms with Crippen molar-refractivity contribution in [3.8, 4) is 17.1 Å². The zero-order valence-corrected chi connectivity index (χ0v) is 19.4. The minimum atomic E-state index is -0.355. The number of ether oxygens (including phenoxy) is 1. The van der Waals surface area contributed by atoms with Crippen molar-refractivity contribution in [2.75, 3.05) is 6.61 Å². The molecule has 0 amide bonds. The lowest BCUT2D eigenvalue weighted by Gasteiger charge is -2.28. The largest absolute Gasteiger partial charge is 0.491 e. The van der Waals surface area contributed by atoms with Crippen LogP contribution in [-0.2, 0) is 6.42 Å². The Hall–Kier alpha value is -1.97. The highest BCUT2D eigenvalue weighted by atomic mass is 19.1. The molecule has 0 N–H and O–H groups in total. The summed E-state index contributed by atoms with van der Waals surface area (Å²) in [5.74, 6) is 2.32. The smallest absolute Gasteiger partial charge is 0.165 e. The predicted molar refractivity (Wildman–Crippen MR) is 126 cm³/mol. The van der Waals surface area contributed by atoms with Gasteiger partial charge in [-0.15, -0.1) is 0 Å². The molecule has 170 valence electrons. The van der Waals surface area contributed by atoms with Crippen LogP contribution in [0.15, 0.2) is 30.6 Å². The average molecular weight is 427 g/mol. The van der Waals surface area contributed by atoms with Gasteiger partial charge in [-0.05, 0) is 54.9 Å². The molecule has 1 aliphatic rings. The lowest BCUT2D eigenvalue weighted by Crippen LogP contribution is -2.15. The van der Waals surface area contributed by atoms with Crippen LogP contribution in [0.5, 0.6) is 5.75 Å². The third-order valence-electron chi connectivity index (χ3n) is 6.67. The molecule has 0 saturated heterocycles. The number of rotatable bonds is 12. The van der Waals surface area contributed by atoms with Gasteiger partial charge in [0.15, 0.2) is 17.4 Å². The quantitative estimate of drug-likeness (QED) is 0.325. The van der Waals surface area contributed by atoms with Gasteiger partial charge in [-0.1, -0.05) is 71.6 Å². The zero-order chi connectivity index (χ0) is 21.9. The number of halogens is 1. The second-order valence-electron chi connectivity index (χ2n) is 9.18. The maximum Gasteiger partial charge on any atom is 0.165 e. The van der Waals surface area contributed by atoms with Crippen molar-refractivity contribution in [3.05, 3.63) is 42.0 Å². The van der Waals surface area contributed by atoms with Gasteiger partial charge in [-0.2, -0.15) is 0 Å². The van der Waals surface area contributed by atoms with Gasteiger partial charge in [0, 0.05) is 18.0 Å². The topological polar surface area (TPSA) is 35.0 Å². The van der Waals surface area contributed by atoms with Crippen molar-refractivity contribution in [2.45, 2.75) is 90.9 Å². The van der Waals surface area contributed by atoms with Gasteiger partial charge in [-0.3, -0.25) is 0 Å². The lowest BCUT2D eigenvalue weighted by atomic mass is 9.78. The molecular formula is C27H39FN2O. The molecule has 3 rings (SSSR count). The van der Waals surface area contributed by atoms with E-state index in [2.05, 4.69) is 23.8 Å². The predicted octanol–water partition coefficient (Wildman–Crippen LogP) is 7.78. The van der Waals surface area contributed by atoms with Gasteiger partial charge >= 0.3 is 0 Å². The molecule has 4 heteroatoms. The fourth-order valence-corrected chi connectivity index (χ4v) is 4.58. The Labute approximate surface area is 187 Å². The molecular weight excluding hydrogens is 387 g/mol. The molecule has 1 heterocycles. The van der Waals surface area contributed by atoms with E-state index < -0.39 is 0 Å². The number of unbranched alkanes of at least 4 members (excludes halogenated alkanes) is 3. The van der Waals surface area contributed by atoms with Crippen molar-refractivity contribution < 1.29 is 9.13 Å². The van der Waals surface area contributed by atoms with Crippen molar-refractivity contribution in [3.63, 3.8) is 0 Å². The minimum Gasteiger partial charge on any atom is -0.491 e. The molecule has 0 spiro atoms. The van der Waals surface area contributed by atoms with E-state index in [0.717, 1.165) is 31.1 Å². The minimum absolute atomic E-state index is 0.300. The summed E-state index contributed by atoms with van der Waals surface area (Å²) in [6.07, 6.45) is 19.1. The zero-order valence-electron chi connectivity index (χ0n) is 19.4. The molecule has 31 heavy (non-hydrogen) atoms. The van der Waals surface area contributed by atoms with E-state index in [1.54, 1.807) is 6.07 Å². The molecule has 1 aromatic heterocycles. The first-order chi connectivity index (χ1) is 15.2. The van der Waals surface area contributed by atoms with Crippen LogP contribution in [0.4, 0.5) is 4.39 Å². The normalized spacial score (nSPS) is 18.8. The Morgan fingerprint density at radius 1 is 0.903 bits per heavy atom. The molecule has 0 unspecified atom stereocenters. The number of benzene rings is 1. The molecule has 0 atom stereocenters. The van der Waals surface area contributed by atoms with Crippen molar-refractivity contribution >= 4 is 0 Å². The number of hydrogen-bond donors (Lipinski definition) is 0. The Bertz CT molecular complexity index is 769. The first-order valence-electron chi connectivity index (χ1n) is 12.4. The van der Waals surface area contributed by atoms with E-state index in [1.165, 1.54) is 69.4 Å². The van der Waals surface area contributed by atoms with E-state index in [-0.39, 0.29) is 5.82 Å². The van der Waals surface area contributed by atoms with Crippen LogP contribution in [0.25, 0.3) is 11.4 Å². The Morgan fingerprint density at radius 3 is 2.23 bits per heavy atom. The van der Waals surface area contributed by atoms with Gasteiger partial charge < -0.3 is 4.74 Å². The average Bonchev–Trinajstić information content (AvgIpc) is 2.80. The molecule has 0 radical (unpaired) electrons. The SMILES string of the molecule is CCCCC[C@H]1CC[C@H](CCc2cnc(-c3ccc(OCCCC)c(F)c3)nc2)CC1. The van der Waals surface area contributed by atoms with E-state index in [0.29, 0.717) is 23.7 Å². The fraction of sp³-hybridized carbons (Fsp3) is 0.630. The lowest BCUT2D eigenvalue weighted by molar-refractivity contribution is 0.249. The van der Waals surface area contributed by atoms with E-state index in [4.69, 9.17) is 4.74 Å². The second kappa shape index (κ2) is 12.8. The highest BCUT2D eigenvalue weighted by Gasteiger charge is 2.20. The Kier molecular flexibility index (Phi) is 9.77. The first kappa shape index (κ1) is 23.7. The van der Waals surface area contributed by atoms with Crippen LogP contribution < -0.4 is 4.74 Å². The molecule has 1 aliphatic carbocycles.